The fraction of sp³-hybridized carbons (Fsp3) is 0.929. The first kappa shape index (κ1) is 16.4. The normalized spacial score (nSPS) is 13.3. The zero-order valence-electron chi connectivity index (χ0n) is 12.0. The van der Waals surface area contributed by atoms with Crippen LogP contribution in [0, 0.1) is 11.8 Å². The summed E-state index contributed by atoms with van der Waals surface area (Å²) in [4.78, 5) is 11.1. The van der Waals surface area contributed by atoms with Gasteiger partial charge in [-0.05, 0) is 24.8 Å². The molecule has 17 heavy (non-hydrogen) atoms. The van der Waals surface area contributed by atoms with E-state index >= 15 is 0 Å². The number of nitrogens with one attached hydrogen (secondary N) is 1. The van der Waals surface area contributed by atoms with Crippen LogP contribution in [0.1, 0.15) is 59.8 Å². The van der Waals surface area contributed by atoms with E-state index in [1.807, 2.05) is 13.8 Å². The standard InChI is InChI=1S/C14H30N2O/c1-11(2)9-7-5-6-8-10-16-13(12(3)4)14(15)17/h11-13,16H,5-10H2,1-4H3,(H2,15,17)/t13-/m0/s1. The van der Waals surface area contributed by atoms with Crippen LogP contribution in [0.4, 0.5) is 0 Å². The zero-order valence-corrected chi connectivity index (χ0v) is 12.0. The Hall–Kier alpha value is -0.570. The van der Waals surface area contributed by atoms with Crippen LogP contribution in [0.3, 0.4) is 0 Å². The fourth-order valence-electron chi connectivity index (χ4n) is 1.95. The van der Waals surface area contributed by atoms with Crippen LogP contribution in [0.25, 0.3) is 0 Å². The Morgan fingerprint density at radius 1 is 1.06 bits per heavy atom. The van der Waals surface area contributed by atoms with Crippen LogP contribution in [-0.2, 0) is 4.79 Å². The summed E-state index contributed by atoms with van der Waals surface area (Å²) in [5, 5.41) is 3.24. The summed E-state index contributed by atoms with van der Waals surface area (Å²) >= 11 is 0. The van der Waals surface area contributed by atoms with E-state index in [1.165, 1.54) is 25.7 Å². The van der Waals surface area contributed by atoms with Crippen molar-refractivity contribution in [3.63, 3.8) is 0 Å². The number of primary amides is 1. The van der Waals surface area contributed by atoms with Crippen LogP contribution >= 0.6 is 0 Å². The second-order valence-corrected chi connectivity index (χ2v) is 5.67. The van der Waals surface area contributed by atoms with Gasteiger partial charge in [0.25, 0.3) is 0 Å². The molecule has 102 valence electrons. The summed E-state index contributed by atoms with van der Waals surface area (Å²) in [6.45, 7) is 9.47. The molecule has 0 aromatic carbocycles. The first-order chi connectivity index (χ1) is 7.95. The Morgan fingerprint density at radius 3 is 2.12 bits per heavy atom. The van der Waals surface area contributed by atoms with Crippen LogP contribution in [0.15, 0.2) is 0 Å². The minimum Gasteiger partial charge on any atom is -0.368 e. The maximum Gasteiger partial charge on any atom is 0.234 e. The largest absolute Gasteiger partial charge is 0.368 e. The molecule has 0 aromatic rings. The molecule has 0 fully saturated rings. The van der Waals surface area contributed by atoms with E-state index in [9.17, 15) is 4.79 Å². The lowest BCUT2D eigenvalue weighted by Crippen LogP contribution is -2.45. The van der Waals surface area contributed by atoms with E-state index in [-0.39, 0.29) is 17.9 Å². The zero-order chi connectivity index (χ0) is 13.3. The van der Waals surface area contributed by atoms with E-state index in [4.69, 9.17) is 5.73 Å². The lowest BCUT2D eigenvalue weighted by molar-refractivity contribution is -0.121. The molecule has 0 saturated carbocycles. The maximum absolute atomic E-state index is 11.1. The topological polar surface area (TPSA) is 55.1 Å². The molecule has 1 amide bonds. The molecule has 3 N–H and O–H groups in total. The maximum atomic E-state index is 11.1. The summed E-state index contributed by atoms with van der Waals surface area (Å²) in [5.74, 6) is 0.849. The van der Waals surface area contributed by atoms with Crippen LogP contribution in [0.2, 0.25) is 0 Å². The van der Waals surface area contributed by atoms with Gasteiger partial charge in [-0.1, -0.05) is 53.4 Å². The molecule has 0 unspecified atom stereocenters. The number of carbonyl (C=O) groups is 1. The highest BCUT2D eigenvalue weighted by atomic mass is 16.1. The van der Waals surface area contributed by atoms with Gasteiger partial charge in [-0.15, -0.1) is 0 Å². The highest BCUT2D eigenvalue weighted by Gasteiger charge is 2.17. The smallest absolute Gasteiger partial charge is 0.234 e. The van der Waals surface area contributed by atoms with Crippen molar-refractivity contribution in [1.29, 1.82) is 0 Å². The molecule has 3 nitrogen and oxygen atoms in total. The minimum absolute atomic E-state index is 0.175. The van der Waals surface area contributed by atoms with Crippen molar-refractivity contribution in [2.45, 2.75) is 65.8 Å². The van der Waals surface area contributed by atoms with Gasteiger partial charge in [0.1, 0.15) is 0 Å². The number of amides is 1. The summed E-state index contributed by atoms with van der Waals surface area (Å²) in [6.07, 6.45) is 6.31. The monoisotopic (exact) mass is 242 g/mol. The predicted molar refractivity (Wildman–Crippen MR) is 73.7 cm³/mol. The number of carbonyl (C=O) groups excluding carboxylic acids is 1. The third kappa shape index (κ3) is 9.16. The van der Waals surface area contributed by atoms with Gasteiger partial charge in [-0.2, -0.15) is 0 Å². The van der Waals surface area contributed by atoms with Crippen molar-refractivity contribution in [3.05, 3.63) is 0 Å². The Morgan fingerprint density at radius 2 is 1.65 bits per heavy atom. The lowest BCUT2D eigenvalue weighted by atomic mass is 10.0. The number of nitrogens with two attached hydrogens (primary N) is 1. The quantitative estimate of drug-likeness (QED) is 0.579. The van der Waals surface area contributed by atoms with Gasteiger partial charge in [-0.25, -0.2) is 0 Å². The van der Waals surface area contributed by atoms with E-state index < -0.39 is 0 Å². The fourth-order valence-corrected chi connectivity index (χ4v) is 1.95. The van der Waals surface area contributed by atoms with Crippen LogP contribution < -0.4 is 11.1 Å². The predicted octanol–water partition coefficient (Wildman–Crippen LogP) is 2.69. The van der Waals surface area contributed by atoms with Crippen molar-refractivity contribution in [1.82, 2.24) is 5.32 Å². The highest BCUT2D eigenvalue weighted by molar-refractivity contribution is 5.80. The molecule has 0 spiro atoms. The van der Waals surface area contributed by atoms with Gasteiger partial charge in [0.15, 0.2) is 0 Å². The summed E-state index contributed by atoms with van der Waals surface area (Å²) in [7, 11) is 0. The van der Waals surface area contributed by atoms with Gasteiger partial charge in [0, 0.05) is 0 Å². The molecule has 0 aromatic heterocycles. The van der Waals surface area contributed by atoms with E-state index in [1.54, 1.807) is 0 Å². The van der Waals surface area contributed by atoms with Gasteiger partial charge >= 0.3 is 0 Å². The van der Waals surface area contributed by atoms with Crippen LogP contribution in [0.5, 0.6) is 0 Å². The number of hydrogen-bond acceptors (Lipinski definition) is 2. The Balaban J connectivity index is 3.46. The number of unbranched alkanes of at least 4 members (excludes halogenated alkanes) is 3. The molecule has 0 radical (unpaired) electrons. The average Bonchev–Trinajstić information content (AvgIpc) is 2.20. The Bertz CT molecular complexity index is 202. The summed E-state index contributed by atoms with van der Waals surface area (Å²) in [6, 6.07) is -0.175. The molecule has 0 bridgehead atoms. The van der Waals surface area contributed by atoms with Gasteiger partial charge in [-0.3, -0.25) is 4.79 Å². The third-order valence-corrected chi connectivity index (χ3v) is 3.05. The second-order valence-electron chi connectivity index (χ2n) is 5.67. The van der Waals surface area contributed by atoms with E-state index in [0.717, 1.165) is 18.9 Å². The number of rotatable bonds is 10. The van der Waals surface area contributed by atoms with Gasteiger partial charge in [0.2, 0.25) is 5.91 Å². The molecule has 1 atom stereocenters. The van der Waals surface area contributed by atoms with Gasteiger partial charge < -0.3 is 11.1 Å². The first-order valence-electron chi connectivity index (χ1n) is 6.97. The second kappa shape index (κ2) is 9.46. The van der Waals surface area contributed by atoms with Gasteiger partial charge in [0.05, 0.1) is 6.04 Å². The minimum atomic E-state index is -0.236. The Kier molecular flexibility index (Phi) is 9.14. The molecule has 0 rings (SSSR count). The number of hydrogen-bond donors (Lipinski definition) is 2. The SMILES string of the molecule is CC(C)CCCCCCN[C@H](C(N)=O)C(C)C. The Labute approximate surface area is 107 Å². The summed E-state index contributed by atoms with van der Waals surface area (Å²) in [5.41, 5.74) is 5.33. The van der Waals surface area contributed by atoms with Crippen molar-refractivity contribution < 1.29 is 4.79 Å². The molecular formula is C14H30N2O. The molecule has 0 aliphatic carbocycles. The van der Waals surface area contributed by atoms with Crippen molar-refractivity contribution >= 4 is 5.91 Å². The lowest BCUT2D eigenvalue weighted by Gasteiger charge is -2.18. The molecule has 0 aliphatic heterocycles. The van der Waals surface area contributed by atoms with Crippen molar-refractivity contribution in [3.8, 4) is 0 Å². The van der Waals surface area contributed by atoms with Crippen molar-refractivity contribution in [2.75, 3.05) is 6.54 Å². The molecule has 3 heteroatoms. The molecular weight excluding hydrogens is 212 g/mol. The third-order valence-electron chi connectivity index (χ3n) is 3.05. The van der Waals surface area contributed by atoms with Crippen molar-refractivity contribution in [2.24, 2.45) is 17.6 Å². The summed E-state index contributed by atoms with van der Waals surface area (Å²) < 4.78 is 0. The van der Waals surface area contributed by atoms with E-state index in [0.29, 0.717) is 0 Å². The highest BCUT2D eigenvalue weighted by Crippen LogP contribution is 2.09. The molecule has 0 aliphatic rings. The first-order valence-corrected chi connectivity index (χ1v) is 6.97. The average molecular weight is 242 g/mol. The van der Waals surface area contributed by atoms with E-state index in [2.05, 4.69) is 19.2 Å². The molecule has 0 heterocycles. The van der Waals surface area contributed by atoms with Crippen LogP contribution in [-0.4, -0.2) is 18.5 Å². The molecule has 0 saturated heterocycles.